The van der Waals surface area contributed by atoms with Gasteiger partial charge in [-0.3, -0.25) is 4.99 Å². The minimum atomic E-state index is -0.232. The van der Waals surface area contributed by atoms with Crippen molar-refractivity contribution in [2.75, 3.05) is 36.4 Å². The molecule has 3 aromatic rings. The lowest BCUT2D eigenvalue weighted by atomic mass is 10.2. The SMILES string of the molecule is C=N/C(=C\SCNc1ccc(CN(CCOC)c2ccc(C)cc2F)cn1)c1sc(C)nc1C. The summed E-state index contributed by atoms with van der Waals surface area (Å²) in [7, 11) is 1.65. The van der Waals surface area contributed by atoms with E-state index in [9.17, 15) is 4.39 Å². The lowest BCUT2D eigenvalue weighted by molar-refractivity contribution is 0.205. The molecule has 0 aliphatic rings. The molecule has 2 aromatic heterocycles. The van der Waals surface area contributed by atoms with Crippen LogP contribution in [0.5, 0.6) is 0 Å². The molecule has 0 radical (unpaired) electrons. The molecule has 9 heteroatoms. The zero-order valence-corrected chi connectivity index (χ0v) is 21.6. The zero-order valence-electron chi connectivity index (χ0n) is 20.0. The third-order valence-electron chi connectivity index (χ3n) is 5.05. The predicted molar refractivity (Wildman–Crippen MR) is 143 cm³/mol. The van der Waals surface area contributed by atoms with Gasteiger partial charge in [-0.25, -0.2) is 14.4 Å². The number of hydrogen-bond donors (Lipinski definition) is 1. The number of nitrogens with zero attached hydrogens (tertiary/aromatic N) is 4. The molecule has 0 saturated carbocycles. The molecule has 0 amide bonds. The number of thioether (sulfide) groups is 1. The average molecular weight is 500 g/mol. The van der Waals surface area contributed by atoms with E-state index >= 15 is 0 Å². The number of aryl methyl sites for hydroxylation is 3. The van der Waals surface area contributed by atoms with Crippen LogP contribution in [0.3, 0.4) is 0 Å². The van der Waals surface area contributed by atoms with Gasteiger partial charge in [-0.05, 0) is 62.2 Å². The van der Waals surface area contributed by atoms with E-state index in [2.05, 4.69) is 27.0 Å². The summed E-state index contributed by atoms with van der Waals surface area (Å²) in [6, 6.07) is 9.22. The molecule has 0 bridgehead atoms. The summed E-state index contributed by atoms with van der Waals surface area (Å²) in [6.45, 7) is 11.2. The van der Waals surface area contributed by atoms with Crippen LogP contribution >= 0.6 is 23.1 Å². The second-order valence-corrected chi connectivity index (χ2v) is 9.78. The smallest absolute Gasteiger partial charge is 0.146 e. The molecule has 34 heavy (non-hydrogen) atoms. The van der Waals surface area contributed by atoms with Crippen LogP contribution in [0.2, 0.25) is 0 Å². The van der Waals surface area contributed by atoms with Crippen molar-refractivity contribution in [3.8, 4) is 0 Å². The minimum Gasteiger partial charge on any atom is -0.383 e. The van der Waals surface area contributed by atoms with Gasteiger partial charge in [0.2, 0.25) is 0 Å². The normalized spacial score (nSPS) is 11.5. The number of anilines is 2. The lowest BCUT2D eigenvalue weighted by Crippen LogP contribution is -2.27. The highest BCUT2D eigenvalue weighted by Crippen LogP contribution is 2.28. The first-order valence-corrected chi connectivity index (χ1v) is 12.7. The molecule has 6 nitrogen and oxygen atoms in total. The molecule has 2 heterocycles. The van der Waals surface area contributed by atoms with E-state index in [4.69, 9.17) is 4.74 Å². The van der Waals surface area contributed by atoms with E-state index in [0.29, 0.717) is 31.3 Å². The fourth-order valence-electron chi connectivity index (χ4n) is 3.37. The number of thiazole rings is 1. The van der Waals surface area contributed by atoms with Crippen LogP contribution in [0.4, 0.5) is 15.9 Å². The van der Waals surface area contributed by atoms with Gasteiger partial charge in [-0.15, -0.1) is 23.1 Å². The van der Waals surface area contributed by atoms with Crippen molar-refractivity contribution in [1.82, 2.24) is 9.97 Å². The van der Waals surface area contributed by atoms with Crippen molar-refractivity contribution in [2.45, 2.75) is 27.3 Å². The van der Waals surface area contributed by atoms with Crippen LogP contribution in [-0.2, 0) is 11.3 Å². The first kappa shape index (κ1) is 25.9. The van der Waals surface area contributed by atoms with Gasteiger partial charge in [0.05, 0.1) is 39.4 Å². The zero-order chi connectivity index (χ0) is 24.5. The summed E-state index contributed by atoms with van der Waals surface area (Å²) < 4.78 is 19.8. The van der Waals surface area contributed by atoms with Crippen LogP contribution in [0.1, 0.15) is 26.7 Å². The minimum absolute atomic E-state index is 0.232. The van der Waals surface area contributed by atoms with Gasteiger partial charge < -0.3 is 15.0 Å². The van der Waals surface area contributed by atoms with Gasteiger partial charge in [0.25, 0.3) is 0 Å². The maximum Gasteiger partial charge on any atom is 0.146 e. The fourth-order valence-corrected chi connectivity index (χ4v) is 5.00. The quantitative estimate of drug-likeness (QED) is 0.186. The van der Waals surface area contributed by atoms with Crippen LogP contribution in [-0.4, -0.2) is 42.8 Å². The van der Waals surface area contributed by atoms with Crippen molar-refractivity contribution >= 4 is 47.0 Å². The van der Waals surface area contributed by atoms with Gasteiger partial charge >= 0.3 is 0 Å². The molecule has 0 aliphatic heterocycles. The molecule has 0 spiro atoms. The topological polar surface area (TPSA) is 62.6 Å². The Hall–Kier alpha value is -2.75. The molecule has 180 valence electrons. The van der Waals surface area contributed by atoms with Crippen molar-refractivity contribution in [1.29, 1.82) is 0 Å². The number of halogens is 1. The summed E-state index contributed by atoms with van der Waals surface area (Å²) in [5.41, 5.74) is 4.25. The Kier molecular flexibility index (Phi) is 9.62. The Morgan fingerprint density at radius 2 is 2.12 bits per heavy atom. The highest BCUT2D eigenvalue weighted by molar-refractivity contribution is 8.02. The number of pyridine rings is 1. The molecule has 1 aromatic carbocycles. The molecule has 0 fully saturated rings. The van der Waals surface area contributed by atoms with Gasteiger partial charge in [0.1, 0.15) is 11.6 Å². The standard InChI is InChI=1S/C25H30FN5OS2/c1-17-6-8-23(21(26)12-17)31(10-11-32-5)14-20-7-9-24(28-13-20)29-16-33-15-22(27-4)25-18(2)30-19(3)34-25/h6-9,12-13,15H,4,10-11,14,16H2,1-3,5H3,(H,28,29)/b22-15-. The molecular formula is C25H30FN5OS2. The van der Waals surface area contributed by atoms with E-state index in [0.717, 1.165) is 38.2 Å². The first-order chi connectivity index (χ1) is 16.4. The molecule has 0 saturated heterocycles. The molecule has 0 aliphatic carbocycles. The number of nitrogens with one attached hydrogen (secondary N) is 1. The number of aliphatic imine (C=N–C) groups is 1. The molecule has 0 unspecified atom stereocenters. The van der Waals surface area contributed by atoms with E-state index < -0.39 is 0 Å². The number of rotatable bonds is 12. The van der Waals surface area contributed by atoms with Gasteiger partial charge in [-0.1, -0.05) is 12.1 Å². The van der Waals surface area contributed by atoms with Crippen molar-refractivity contribution in [2.24, 2.45) is 4.99 Å². The number of benzene rings is 1. The summed E-state index contributed by atoms with van der Waals surface area (Å²) in [5, 5.41) is 6.30. The monoisotopic (exact) mass is 499 g/mol. The highest BCUT2D eigenvalue weighted by Gasteiger charge is 2.13. The Morgan fingerprint density at radius 1 is 1.29 bits per heavy atom. The number of aromatic nitrogens is 2. The van der Waals surface area contributed by atoms with E-state index in [1.165, 1.54) is 0 Å². The van der Waals surface area contributed by atoms with Crippen molar-refractivity contribution in [3.63, 3.8) is 0 Å². The Labute approximate surface area is 209 Å². The molecule has 1 N–H and O–H groups in total. The Balaban J connectivity index is 1.59. The third kappa shape index (κ3) is 7.12. The lowest BCUT2D eigenvalue weighted by Gasteiger charge is -2.25. The van der Waals surface area contributed by atoms with Crippen LogP contribution < -0.4 is 10.2 Å². The number of ether oxygens (including phenoxy) is 1. The van der Waals surface area contributed by atoms with Crippen LogP contribution in [0, 0.1) is 26.6 Å². The maximum atomic E-state index is 14.6. The van der Waals surface area contributed by atoms with E-state index in [1.54, 1.807) is 36.3 Å². The summed E-state index contributed by atoms with van der Waals surface area (Å²) in [5.74, 6) is 1.17. The number of methoxy groups -OCH3 is 1. The highest BCUT2D eigenvalue weighted by atomic mass is 32.2. The van der Waals surface area contributed by atoms with Crippen LogP contribution in [0.25, 0.3) is 5.70 Å². The predicted octanol–water partition coefficient (Wildman–Crippen LogP) is 6.06. The summed E-state index contributed by atoms with van der Waals surface area (Å²) in [6.07, 6.45) is 1.81. The largest absolute Gasteiger partial charge is 0.383 e. The third-order valence-corrected chi connectivity index (χ3v) is 6.84. The summed E-state index contributed by atoms with van der Waals surface area (Å²) >= 11 is 3.20. The second kappa shape index (κ2) is 12.6. The van der Waals surface area contributed by atoms with E-state index in [-0.39, 0.29) is 5.82 Å². The summed E-state index contributed by atoms with van der Waals surface area (Å²) in [4.78, 5) is 16.1. The molecular weight excluding hydrogens is 469 g/mol. The van der Waals surface area contributed by atoms with E-state index in [1.807, 2.05) is 61.5 Å². The van der Waals surface area contributed by atoms with Gasteiger partial charge in [0, 0.05) is 26.4 Å². The molecule has 0 atom stereocenters. The van der Waals surface area contributed by atoms with Gasteiger partial charge in [-0.2, -0.15) is 0 Å². The van der Waals surface area contributed by atoms with Crippen molar-refractivity contribution < 1.29 is 9.13 Å². The van der Waals surface area contributed by atoms with Crippen LogP contribution in [0.15, 0.2) is 46.9 Å². The maximum absolute atomic E-state index is 14.6. The van der Waals surface area contributed by atoms with Crippen molar-refractivity contribution in [3.05, 3.63) is 74.5 Å². The number of hydrogen-bond acceptors (Lipinski definition) is 8. The first-order valence-electron chi connectivity index (χ1n) is 10.8. The molecule has 3 rings (SSSR count). The van der Waals surface area contributed by atoms with Gasteiger partial charge in [0.15, 0.2) is 0 Å². The average Bonchev–Trinajstić information content (AvgIpc) is 3.15. The fraction of sp³-hybridized carbons (Fsp3) is 0.320. The Morgan fingerprint density at radius 3 is 2.74 bits per heavy atom. The second-order valence-electron chi connectivity index (χ2n) is 7.72. The Bertz CT molecular complexity index is 1130.